The van der Waals surface area contributed by atoms with Crippen molar-refractivity contribution in [1.29, 1.82) is 0 Å². The molecule has 0 spiro atoms. The van der Waals surface area contributed by atoms with Crippen LogP contribution in [0.5, 0.6) is 0 Å². The second-order valence-electron chi connectivity index (χ2n) is 2.47. The van der Waals surface area contributed by atoms with Crippen molar-refractivity contribution in [3.05, 3.63) is 29.4 Å². The lowest BCUT2D eigenvalue weighted by molar-refractivity contribution is 1.14. The Bertz CT molecular complexity index is 428. The van der Waals surface area contributed by atoms with Gasteiger partial charge in [-0.1, -0.05) is 0 Å². The van der Waals surface area contributed by atoms with Gasteiger partial charge in [0, 0.05) is 17.8 Å². The summed E-state index contributed by atoms with van der Waals surface area (Å²) in [6.45, 7) is 1.89. The average Bonchev–Trinajstić information content (AvgIpc) is 2.04. The molecule has 0 aliphatic carbocycles. The topological polar surface area (TPSA) is 38.7 Å². The van der Waals surface area contributed by atoms with Gasteiger partial charge < -0.3 is 0 Å². The van der Waals surface area contributed by atoms with E-state index in [4.69, 9.17) is 11.6 Å². The van der Waals surface area contributed by atoms with Crippen molar-refractivity contribution in [2.75, 3.05) is 0 Å². The highest BCUT2D eigenvalue weighted by atomic mass is 35.5. The van der Waals surface area contributed by atoms with Crippen molar-refractivity contribution in [2.24, 2.45) is 0 Å². The van der Waals surface area contributed by atoms with Crippen LogP contribution in [0.2, 0.25) is 5.28 Å². The van der Waals surface area contributed by atoms with Gasteiger partial charge in [-0.2, -0.15) is 0 Å². The zero-order valence-corrected chi connectivity index (χ0v) is 7.21. The SMILES string of the molecule is Cc1nc(Cl)nc2ccncc12. The second kappa shape index (κ2) is 2.68. The third kappa shape index (κ3) is 1.12. The van der Waals surface area contributed by atoms with Crippen molar-refractivity contribution >= 4 is 22.5 Å². The maximum absolute atomic E-state index is 5.68. The highest BCUT2D eigenvalue weighted by Crippen LogP contribution is 2.14. The zero-order chi connectivity index (χ0) is 8.55. The first-order valence-electron chi connectivity index (χ1n) is 3.51. The largest absolute Gasteiger partial charge is 0.264 e. The van der Waals surface area contributed by atoms with E-state index < -0.39 is 0 Å². The lowest BCUT2D eigenvalue weighted by Gasteiger charge is -1.98. The lowest BCUT2D eigenvalue weighted by Crippen LogP contribution is -1.89. The predicted molar refractivity (Wildman–Crippen MR) is 47.1 cm³/mol. The molecule has 0 fully saturated rings. The first-order chi connectivity index (χ1) is 5.77. The Morgan fingerprint density at radius 3 is 3.00 bits per heavy atom. The van der Waals surface area contributed by atoms with Gasteiger partial charge in [0.2, 0.25) is 5.28 Å². The maximum atomic E-state index is 5.68. The summed E-state index contributed by atoms with van der Waals surface area (Å²) in [5, 5.41) is 1.23. The van der Waals surface area contributed by atoms with Crippen molar-refractivity contribution in [3.8, 4) is 0 Å². The van der Waals surface area contributed by atoms with Gasteiger partial charge in [0.1, 0.15) is 0 Å². The summed E-state index contributed by atoms with van der Waals surface area (Å²) in [6, 6.07) is 1.82. The van der Waals surface area contributed by atoms with Crippen molar-refractivity contribution in [1.82, 2.24) is 15.0 Å². The Balaban J connectivity index is 2.89. The molecule has 0 N–H and O–H groups in total. The van der Waals surface area contributed by atoms with E-state index in [9.17, 15) is 0 Å². The van der Waals surface area contributed by atoms with E-state index in [1.165, 1.54) is 0 Å². The average molecular weight is 180 g/mol. The first kappa shape index (κ1) is 7.43. The van der Waals surface area contributed by atoms with Gasteiger partial charge in [0.05, 0.1) is 11.2 Å². The van der Waals surface area contributed by atoms with E-state index in [0.29, 0.717) is 0 Å². The van der Waals surface area contributed by atoms with Crippen LogP contribution in [0.15, 0.2) is 18.5 Å². The molecule has 12 heavy (non-hydrogen) atoms. The minimum Gasteiger partial charge on any atom is -0.264 e. The smallest absolute Gasteiger partial charge is 0.223 e. The number of pyridine rings is 1. The van der Waals surface area contributed by atoms with Gasteiger partial charge in [0.25, 0.3) is 0 Å². The van der Waals surface area contributed by atoms with E-state index in [1.54, 1.807) is 12.4 Å². The minimum absolute atomic E-state index is 0.284. The molecule has 60 valence electrons. The van der Waals surface area contributed by atoms with Crippen LogP contribution in [0.4, 0.5) is 0 Å². The van der Waals surface area contributed by atoms with Crippen LogP contribution in [-0.2, 0) is 0 Å². The fourth-order valence-corrected chi connectivity index (χ4v) is 1.30. The number of halogens is 1. The summed E-state index contributed by atoms with van der Waals surface area (Å²) in [5.41, 5.74) is 1.70. The number of aromatic nitrogens is 3. The van der Waals surface area contributed by atoms with Gasteiger partial charge in [-0.05, 0) is 24.6 Å². The molecule has 0 aromatic carbocycles. The monoisotopic (exact) mass is 179 g/mol. The molecule has 2 aromatic rings. The molecule has 3 nitrogen and oxygen atoms in total. The van der Waals surface area contributed by atoms with Gasteiger partial charge >= 0.3 is 0 Å². The summed E-state index contributed by atoms with van der Waals surface area (Å²) in [4.78, 5) is 12.0. The quantitative estimate of drug-likeness (QED) is 0.581. The Morgan fingerprint density at radius 1 is 1.33 bits per heavy atom. The number of hydrogen-bond acceptors (Lipinski definition) is 3. The summed E-state index contributed by atoms with van der Waals surface area (Å²) in [7, 11) is 0. The third-order valence-electron chi connectivity index (χ3n) is 1.66. The van der Waals surface area contributed by atoms with Crippen LogP contribution in [0.25, 0.3) is 10.9 Å². The predicted octanol–water partition coefficient (Wildman–Crippen LogP) is 1.99. The molecule has 4 heteroatoms. The fourth-order valence-electron chi connectivity index (χ4n) is 1.09. The van der Waals surface area contributed by atoms with Crippen LogP contribution in [0.3, 0.4) is 0 Å². The Hall–Kier alpha value is -1.22. The van der Waals surface area contributed by atoms with E-state index >= 15 is 0 Å². The normalized spacial score (nSPS) is 10.5. The first-order valence-corrected chi connectivity index (χ1v) is 3.89. The molecular formula is C8H6ClN3. The molecule has 0 saturated heterocycles. The van der Waals surface area contributed by atoms with Crippen LogP contribution in [0.1, 0.15) is 5.69 Å². The van der Waals surface area contributed by atoms with Crippen LogP contribution in [0, 0.1) is 6.92 Å². The van der Waals surface area contributed by atoms with Crippen LogP contribution < -0.4 is 0 Å². The molecule has 0 aliphatic heterocycles. The van der Waals surface area contributed by atoms with Crippen LogP contribution >= 0.6 is 11.6 Å². The molecule has 0 unspecified atom stereocenters. The number of rotatable bonds is 0. The molecule has 2 heterocycles. The number of hydrogen-bond donors (Lipinski definition) is 0. The molecule has 0 bridgehead atoms. The molecular weight excluding hydrogens is 174 g/mol. The van der Waals surface area contributed by atoms with Gasteiger partial charge in [-0.25, -0.2) is 9.97 Å². The van der Waals surface area contributed by atoms with Gasteiger partial charge in [0.15, 0.2) is 0 Å². The van der Waals surface area contributed by atoms with Crippen molar-refractivity contribution in [2.45, 2.75) is 6.92 Å². The van der Waals surface area contributed by atoms with Crippen LogP contribution in [-0.4, -0.2) is 15.0 Å². The summed E-state index contributed by atoms with van der Waals surface area (Å²) in [5.74, 6) is 0. The Kier molecular flexibility index (Phi) is 1.66. The van der Waals surface area contributed by atoms with Crippen molar-refractivity contribution < 1.29 is 0 Å². The Morgan fingerprint density at radius 2 is 2.17 bits per heavy atom. The highest BCUT2D eigenvalue weighted by Gasteiger charge is 2.00. The molecule has 2 rings (SSSR count). The standard InChI is InChI=1S/C8H6ClN3/c1-5-6-4-10-3-2-7(6)12-8(9)11-5/h2-4H,1H3. The number of fused-ring (bicyclic) bond motifs is 1. The fraction of sp³-hybridized carbons (Fsp3) is 0.125. The van der Waals surface area contributed by atoms with Gasteiger partial charge in [-0.3, -0.25) is 4.98 Å². The Labute approximate surface area is 74.4 Å². The molecule has 0 aliphatic rings. The van der Waals surface area contributed by atoms with E-state index in [-0.39, 0.29) is 5.28 Å². The van der Waals surface area contributed by atoms with E-state index in [1.807, 2.05) is 13.0 Å². The summed E-state index contributed by atoms with van der Waals surface area (Å²) < 4.78 is 0. The second-order valence-corrected chi connectivity index (χ2v) is 2.81. The molecule has 2 aromatic heterocycles. The van der Waals surface area contributed by atoms with E-state index in [0.717, 1.165) is 16.6 Å². The number of nitrogens with zero attached hydrogens (tertiary/aromatic N) is 3. The third-order valence-corrected chi connectivity index (χ3v) is 1.83. The summed E-state index contributed by atoms with van der Waals surface area (Å²) >= 11 is 5.68. The van der Waals surface area contributed by atoms with E-state index in [2.05, 4.69) is 15.0 Å². The molecule has 0 radical (unpaired) electrons. The van der Waals surface area contributed by atoms with Gasteiger partial charge in [-0.15, -0.1) is 0 Å². The minimum atomic E-state index is 0.284. The molecule has 0 amide bonds. The summed E-state index contributed by atoms with van der Waals surface area (Å²) in [6.07, 6.45) is 3.42. The lowest BCUT2D eigenvalue weighted by atomic mass is 10.2. The zero-order valence-electron chi connectivity index (χ0n) is 6.45. The molecule has 0 saturated carbocycles. The maximum Gasteiger partial charge on any atom is 0.223 e. The van der Waals surface area contributed by atoms with Crippen molar-refractivity contribution in [3.63, 3.8) is 0 Å². The molecule has 0 atom stereocenters. The highest BCUT2D eigenvalue weighted by molar-refractivity contribution is 6.28. The number of aryl methyl sites for hydroxylation is 1.